The van der Waals surface area contributed by atoms with Crippen LogP contribution in [0.25, 0.3) is 17.0 Å². The van der Waals surface area contributed by atoms with Crippen LogP contribution in [0, 0.1) is 0 Å². The number of rotatable bonds is 7. The van der Waals surface area contributed by atoms with Gasteiger partial charge in [0.15, 0.2) is 5.11 Å². The lowest BCUT2D eigenvalue weighted by atomic mass is 9.94. The van der Waals surface area contributed by atoms with Crippen molar-refractivity contribution < 1.29 is 9.26 Å². The maximum atomic E-state index is 5.76. The van der Waals surface area contributed by atoms with Gasteiger partial charge in [0.25, 0.3) is 5.89 Å². The summed E-state index contributed by atoms with van der Waals surface area (Å²) in [5.41, 5.74) is 3.93. The van der Waals surface area contributed by atoms with Crippen molar-refractivity contribution in [2.24, 2.45) is 0 Å². The second-order valence-electron chi connectivity index (χ2n) is 7.45. The van der Waals surface area contributed by atoms with Crippen molar-refractivity contribution in [3.8, 4) is 17.1 Å². The average Bonchev–Trinajstić information content (AvgIpc) is 3.29. The van der Waals surface area contributed by atoms with Crippen molar-refractivity contribution in [1.82, 2.24) is 20.4 Å². The number of methoxy groups -OCH3 is 1. The molecular weight excluding hydrogens is 408 g/mol. The highest BCUT2D eigenvalue weighted by molar-refractivity contribution is 7.80. The van der Waals surface area contributed by atoms with Gasteiger partial charge in [0.1, 0.15) is 5.75 Å². The summed E-state index contributed by atoms with van der Waals surface area (Å²) < 4.78 is 11.1. The normalized spacial score (nSPS) is 16.4. The maximum absolute atomic E-state index is 5.76. The molecule has 0 fully saturated rings. The molecule has 0 amide bonds. The van der Waals surface area contributed by atoms with E-state index in [1.54, 1.807) is 7.11 Å². The van der Waals surface area contributed by atoms with E-state index in [0.717, 1.165) is 47.5 Å². The Hall–Kier alpha value is -3.19. The maximum Gasteiger partial charge on any atom is 0.258 e. The van der Waals surface area contributed by atoms with E-state index in [2.05, 4.69) is 29.2 Å². The molecule has 0 bridgehead atoms. The van der Waals surface area contributed by atoms with Gasteiger partial charge in [-0.15, -0.1) is 0 Å². The lowest BCUT2D eigenvalue weighted by molar-refractivity contribution is 0.395. The van der Waals surface area contributed by atoms with Gasteiger partial charge in [0.2, 0.25) is 5.82 Å². The van der Waals surface area contributed by atoms with Crippen LogP contribution in [0.3, 0.4) is 0 Å². The number of nitrogens with one attached hydrogen (secondary N) is 1. The van der Waals surface area contributed by atoms with Gasteiger partial charge in [-0.05, 0) is 43.3 Å². The van der Waals surface area contributed by atoms with E-state index >= 15 is 0 Å². The summed E-state index contributed by atoms with van der Waals surface area (Å²) in [5.74, 6) is 1.87. The first-order valence-electron chi connectivity index (χ1n) is 10.4. The molecule has 6 nitrogen and oxygen atoms in total. The second kappa shape index (κ2) is 9.31. The highest BCUT2D eigenvalue weighted by Crippen LogP contribution is 2.37. The van der Waals surface area contributed by atoms with Crippen LogP contribution in [-0.4, -0.2) is 33.8 Å². The largest absolute Gasteiger partial charge is 0.497 e. The fourth-order valence-corrected chi connectivity index (χ4v) is 4.07. The van der Waals surface area contributed by atoms with E-state index in [0.29, 0.717) is 16.8 Å². The molecule has 0 saturated carbocycles. The van der Waals surface area contributed by atoms with Gasteiger partial charge < -0.3 is 19.5 Å². The third-order valence-electron chi connectivity index (χ3n) is 5.47. The first-order valence-corrected chi connectivity index (χ1v) is 10.9. The second-order valence-corrected chi connectivity index (χ2v) is 7.84. The highest BCUT2D eigenvalue weighted by Gasteiger charge is 2.33. The van der Waals surface area contributed by atoms with Gasteiger partial charge in [0, 0.05) is 17.8 Å². The number of nitrogens with zero attached hydrogens (tertiary/aromatic N) is 3. The Bertz CT molecular complexity index is 1080. The zero-order valence-electron chi connectivity index (χ0n) is 18.0. The molecule has 0 aliphatic carbocycles. The summed E-state index contributed by atoms with van der Waals surface area (Å²) in [6.07, 6.45) is 2.13. The van der Waals surface area contributed by atoms with Crippen LogP contribution in [0.15, 0.2) is 64.8 Å². The molecule has 2 aromatic carbocycles. The van der Waals surface area contributed by atoms with Gasteiger partial charge in [0.05, 0.1) is 18.7 Å². The minimum atomic E-state index is -0.194. The molecular formula is C24H26N4O2S. The molecule has 0 saturated heterocycles. The zero-order valence-corrected chi connectivity index (χ0v) is 18.8. The molecule has 31 heavy (non-hydrogen) atoms. The molecule has 1 N–H and O–H groups in total. The minimum absolute atomic E-state index is 0.194. The first-order chi connectivity index (χ1) is 15.1. The Labute approximate surface area is 187 Å². The van der Waals surface area contributed by atoms with Crippen LogP contribution in [0.4, 0.5) is 0 Å². The zero-order chi connectivity index (χ0) is 21.8. The molecule has 4 rings (SSSR count). The molecule has 160 valence electrons. The third-order valence-corrected chi connectivity index (χ3v) is 5.81. The fraction of sp³-hybridized carbons (Fsp3) is 0.292. The van der Waals surface area contributed by atoms with Crippen molar-refractivity contribution in [1.29, 1.82) is 0 Å². The fourth-order valence-electron chi connectivity index (χ4n) is 3.73. The average molecular weight is 435 g/mol. The standard InChI is InChI=1S/C24H26N4O2S/c1-4-5-15-28-16(2)20(23-26-22(27-30-23)18-9-7-6-8-10-18)21(25-24(28)31)17-11-13-19(29-3)14-12-17/h6-14,21H,4-5,15H2,1-3H3,(H,25,31). The van der Waals surface area contributed by atoms with Crippen molar-refractivity contribution >= 4 is 22.9 Å². The smallest absolute Gasteiger partial charge is 0.258 e. The van der Waals surface area contributed by atoms with Gasteiger partial charge in [-0.3, -0.25) is 0 Å². The predicted octanol–water partition coefficient (Wildman–Crippen LogP) is 5.21. The van der Waals surface area contributed by atoms with Gasteiger partial charge in [-0.2, -0.15) is 4.98 Å². The lowest BCUT2D eigenvalue weighted by Crippen LogP contribution is -2.46. The molecule has 1 aromatic heterocycles. The van der Waals surface area contributed by atoms with Crippen LogP contribution < -0.4 is 10.1 Å². The number of hydrogen-bond donors (Lipinski definition) is 1. The molecule has 7 heteroatoms. The monoisotopic (exact) mass is 434 g/mol. The molecule has 1 aliphatic heterocycles. The summed E-state index contributed by atoms with van der Waals surface area (Å²) in [7, 11) is 1.66. The Balaban J connectivity index is 1.78. The molecule has 1 aliphatic rings. The molecule has 2 heterocycles. The van der Waals surface area contributed by atoms with E-state index in [1.807, 2.05) is 54.6 Å². The van der Waals surface area contributed by atoms with E-state index < -0.39 is 0 Å². The molecule has 0 spiro atoms. The third kappa shape index (κ3) is 4.32. The van der Waals surface area contributed by atoms with Crippen molar-refractivity contribution in [2.75, 3.05) is 13.7 Å². The topological polar surface area (TPSA) is 63.4 Å². The van der Waals surface area contributed by atoms with Crippen LogP contribution in [0.1, 0.15) is 44.2 Å². The van der Waals surface area contributed by atoms with Gasteiger partial charge in [-0.1, -0.05) is 61.0 Å². The van der Waals surface area contributed by atoms with Crippen molar-refractivity contribution in [2.45, 2.75) is 32.7 Å². The quantitative estimate of drug-likeness (QED) is 0.512. The molecule has 1 unspecified atom stereocenters. The Morgan fingerprint density at radius 1 is 1.13 bits per heavy atom. The number of benzene rings is 2. The number of thiocarbonyl (C=S) groups is 1. The number of unbranched alkanes of at least 4 members (excludes halogenated alkanes) is 1. The van der Waals surface area contributed by atoms with Crippen LogP contribution in [0.5, 0.6) is 5.75 Å². The van der Waals surface area contributed by atoms with E-state index in [4.69, 9.17) is 26.5 Å². The minimum Gasteiger partial charge on any atom is -0.497 e. The molecule has 3 aromatic rings. The van der Waals surface area contributed by atoms with Gasteiger partial charge in [-0.25, -0.2) is 0 Å². The highest BCUT2D eigenvalue weighted by atomic mass is 32.1. The summed E-state index contributed by atoms with van der Waals surface area (Å²) in [4.78, 5) is 6.86. The lowest BCUT2D eigenvalue weighted by Gasteiger charge is -2.37. The van der Waals surface area contributed by atoms with Crippen LogP contribution >= 0.6 is 12.2 Å². The first kappa shape index (κ1) is 21.1. The van der Waals surface area contributed by atoms with E-state index in [-0.39, 0.29) is 6.04 Å². The Kier molecular flexibility index (Phi) is 6.32. The summed E-state index contributed by atoms with van der Waals surface area (Å²) in [5, 5.41) is 8.43. The predicted molar refractivity (Wildman–Crippen MR) is 125 cm³/mol. The summed E-state index contributed by atoms with van der Waals surface area (Å²) >= 11 is 5.72. The Morgan fingerprint density at radius 2 is 1.87 bits per heavy atom. The summed E-state index contributed by atoms with van der Waals surface area (Å²) in [6, 6.07) is 17.6. The molecule has 0 radical (unpaired) electrons. The van der Waals surface area contributed by atoms with Gasteiger partial charge >= 0.3 is 0 Å². The van der Waals surface area contributed by atoms with E-state index in [9.17, 15) is 0 Å². The summed E-state index contributed by atoms with van der Waals surface area (Å²) in [6.45, 7) is 5.08. The van der Waals surface area contributed by atoms with Crippen LogP contribution in [-0.2, 0) is 0 Å². The van der Waals surface area contributed by atoms with Crippen molar-refractivity contribution in [3.63, 3.8) is 0 Å². The van der Waals surface area contributed by atoms with Crippen LogP contribution in [0.2, 0.25) is 0 Å². The Morgan fingerprint density at radius 3 is 2.55 bits per heavy atom. The number of aromatic nitrogens is 2. The van der Waals surface area contributed by atoms with Crippen molar-refractivity contribution in [3.05, 3.63) is 71.7 Å². The SMILES string of the molecule is CCCCN1C(=S)NC(c2ccc(OC)cc2)C(c2nc(-c3ccccc3)no2)=C1C. The number of ether oxygens (including phenoxy) is 1. The molecule has 1 atom stereocenters. The van der Waals surface area contributed by atoms with E-state index in [1.165, 1.54) is 0 Å². The number of hydrogen-bond acceptors (Lipinski definition) is 5. The number of allylic oxidation sites excluding steroid dienone is 1.